The lowest BCUT2D eigenvalue weighted by Gasteiger charge is -2.29. The van der Waals surface area contributed by atoms with E-state index in [4.69, 9.17) is 14.2 Å². The lowest BCUT2D eigenvalue weighted by molar-refractivity contribution is -0.121. The molecule has 0 spiro atoms. The Hall–Kier alpha value is -3.06. The van der Waals surface area contributed by atoms with Gasteiger partial charge < -0.3 is 19.1 Å². The second kappa shape index (κ2) is 7.67. The van der Waals surface area contributed by atoms with Crippen molar-refractivity contribution in [1.82, 2.24) is 4.98 Å². The first-order valence-corrected chi connectivity index (χ1v) is 9.41. The third kappa shape index (κ3) is 3.73. The van der Waals surface area contributed by atoms with Gasteiger partial charge in [0.25, 0.3) is 5.91 Å². The molecule has 4 rings (SSSR count). The number of amides is 1. The zero-order valence-electron chi connectivity index (χ0n) is 14.8. The molecule has 0 radical (unpaired) electrons. The Morgan fingerprint density at radius 2 is 2.00 bits per heavy atom. The van der Waals surface area contributed by atoms with Crippen LogP contribution < -0.4 is 19.1 Å². The van der Waals surface area contributed by atoms with Crippen molar-refractivity contribution < 1.29 is 19.0 Å². The maximum atomic E-state index is 12.4. The summed E-state index contributed by atoms with van der Waals surface area (Å²) in [5.74, 6) is 2.11. The highest BCUT2D eigenvalue weighted by atomic mass is 32.1. The highest BCUT2D eigenvalue weighted by Crippen LogP contribution is 2.35. The minimum absolute atomic E-state index is 0.0333. The van der Waals surface area contributed by atoms with Crippen molar-refractivity contribution in [2.45, 2.75) is 0 Å². The molecule has 0 unspecified atom stereocenters. The number of benzene rings is 2. The van der Waals surface area contributed by atoms with Crippen molar-refractivity contribution in [3.8, 4) is 28.5 Å². The maximum Gasteiger partial charge on any atom is 0.265 e. The van der Waals surface area contributed by atoms with Gasteiger partial charge in [-0.25, -0.2) is 4.98 Å². The zero-order chi connectivity index (χ0) is 18.6. The van der Waals surface area contributed by atoms with Crippen LogP contribution in [0.4, 0.5) is 5.69 Å². The summed E-state index contributed by atoms with van der Waals surface area (Å²) in [6, 6.07) is 13.1. The number of rotatable bonds is 6. The molecule has 1 aromatic heterocycles. The van der Waals surface area contributed by atoms with Gasteiger partial charge in [0, 0.05) is 10.9 Å². The molecular weight excluding hydrogens is 364 g/mol. The Kier molecular flexibility index (Phi) is 4.93. The Labute approximate surface area is 160 Å². The van der Waals surface area contributed by atoms with Gasteiger partial charge in [-0.05, 0) is 42.5 Å². The average molecular weight is 382 g/mol. The highest BCUT2D eigenvalue weighted by molar-refractivity contribution is 7.07. The van der Waals surface area contributed by atoms with Gasteiger partial charge in [-0.15, -0.1) is 11.3 Å². The minimum Gasteiger partial charge on any atom is -0.497 e. The smallest absolute Gasteiger partial charge is 0.265 e. The molecule has 2 heterocycles. The number of hydrogen-bond donors (Lipinski definition) is 0. The van der Waals surface area contributed by atoms with Crippen molar-refractivity contribution in [3.05, 3.63) is 53.4 Å². The van der Waals surface area contributed by atoms with Gasteiger partial charge >= 0.3 is 0 Å². The SMILES string of the molecule is COc1ccc(OCCN2C(=O)COc3ccc(-c4cscn4)cc32)cc1. The van der Waals surface area contributed by atoms with E-state index in [1.807, 2.05) is 47.8 Å². The Morgan fingerprint density at radius 3 is 2.74 bits per heavy atom. The second-order valence-corrected chi connectivity index (χ2v) is 6.63. The van der Waals surface area contributed by atoms with Crippen LogP contribution in [-0.4, -0.2) is 37.8 Å². The molecule has 0 saturated heterocycles. The molecule has 0 fully saturated rings. The topological polar surface area (TPSA) is 60.9 Å². The molecule has 1 amide bonds. The number of thiazole rings is 1. The molecule has 27 heavy (non-hydrogen) atoms. The second-order valence-electron chi connectivity index (χ2n) is 5.91. The predicted molar refractivity (Wildman–Crippen MR) is 104 cm³/mol. The Balaban J connectivity index is 1.49. The van der Waals surface area contributed by atoms with Crippen LogP contribution in [0.5, 0.6) is 17.2 Å². The molecule has 0 aliphatic carbocycles. The fourth-order valence-electron chi connectivity index (χ4n) is 2.89. The van der Waals surface area contributed by atoms with Crippen LogP contribution in [0.3, 0.4) is 0 Å². The molecule has 2 aromatic carbocycles. The normalized spacial score (nSPS) is 13.1. The largest absolute Gasteiger partial charge is 0.497 e. The minimum atomic E-state index is -0.0868. The van der Waals surface area contributed by atoms with E-state index in [0.29, 0.717) is 18.9 Å². The first-order valence-electron chi connectivity index (χ1n) is 8.47. The monoisotopic (exact) mass is 382 g/mol. The van der Waals surface area contributed by atoms with Crippen molar-refractivity contribution in [3.63, 3.8) is 0 Å². The van der Waals surface area contributed by atoms with Crippen molar-refractivity contribution in [1.29, 1.82) is 0 Å². The lowest BCUT2D eigenvalue weighted by Crippen LogP contribution is -2.41. The van der Waals surface area contributed by atoms with Crippen molar-refractivity contribution >= 4 is 22.9 Å². The number of hydrogen-bond acceptors (Lipinski definition) is 6. The van der Waals surface area contributed by atoms with Crippen LogP contribution in [0, 0.1) is 0 Å². The molecule has 3 aromatic rings. The van der Waals surface area contributed by atoms with E-state index in [1.54, 1.807) is 17.5 Å². The highest BCUT2D eigenvalue weighted by Gasteiger charge is 2.26. The maximum absolute atomic E-state index is 12.4. The molecule has 138 valence electrons. The number of methoxy groups -OCH3 is 1. The van der Waals surface area contributed by atoms with E-state index < -0.39 is 0 Å². The van der Waals surface area contributed by atoms with Gasteiger partial charge in [0.2, 0.25) is 0 Å². The summed E-state index contributed by atoms with van der Waals surface area (Å²) in [5, 5.41) is 1.98. The molecule has 1 aliphatic rings. The molecule has 1 aliphatic heterocycles. The summed E-state index contributed by atoms with van der Waals surface area (Å²) in [6.07, 6.45) is 0. The summed E-state index contributed by atoms with van der Waals surface area (Å²) in [7, 11) is 1.62. The summed E-state index contributed by atoms with van der Waals surface area (Å²) in [5.41, 5.74) is 4.37. The number of ether oxygens (including phenoxy) is 3. The third-order valence-corrected chi connectivity index (χ3v) is 4.86. The van der Waals surface area contributed by atoms with Crippen LogP contribution in [0.2, 0.25) is 0 Å². The summed E-state index contributed by atoms with van der Waals surface area (Å²) in [4.78, 5) is 18.4. The van der Waals surface area contributed by atoms with Gasteiger partial charge in [-0.3, -0.25) is 4.79 Å². The number of anilines is 1. The van der Waals surface area contributed by atoms with Gasteiger partial charge in [-0.2, -0.15) is 0 Å². The zero-order valence-corrected chi connectivity index (χ0v) is 15.6. The Bertz CT molecular complexity index is 926. The van der Waals surface area contributed by atoms with Crippen molar-refractivity contribution in [2.75, 3.05) is 31.8 Å². The summed E-state index contributed by atoms with van der Waals surface area (Å²) in [6.45, 7) is 0.839. The van der Waals surface area contributed by atoms with E-state index in [1.165, 1.54) is 11.3 Å². The fraction of sp³-hybridized carbons (Fsp3) is 0.200. The van der Waals surface area contributed by atoms with Crippen LogP contribution in [0.25, 0.3) is 11.3 Å². The molecule has 0 bridgehead atoms. The first kappa shape index (κ1) is 17.4. The molecule has 0 atom stereocenters. The van der Waals surface area contributed by atoms with Gasteiger partial charge in [-0.1, -0.05) is 0 Å². The van der Waals surface area contributed by atoms with Gasteiger partial charge in [0.05, 0.1) is 30.5 Å². The summed E-state index contributed by atoms with van der Waals surface area (Å²) >= 11 is 1.54. The quantitative estimate of drug-likeness (QED) is 0.652. The number of aromatic nitrogens is 1. The van der Waals surface area contributed by atoms with E-state index >= 15 is 0 Å². The van der Waals surface area contributed by atoms with Crippen LogP contribution >= 0.6 is 11.3 Å². The molecule has 0 saturated carbocycles. The third-order valence-electron chi connectivity index (χ3n) is 4.27. The first-order chi connectivity index (χ1) is 13.2. The van der Waals surface area contributed by atoms with Crippen LogP contribution in [0.15, 0.2) is 53.4 Å². The van der Waals surface area contributed by atoms with Gasteiger partial charge in [0.15, 0.2) is 6.61 Å². The fourth-order valence-corrected chi connectivity index (χ4v) is 3.45. The molecule has 6 nitrogen and oxygen atoms in total. The predicted octanol–water partition coefficient (Wildman–Crippen LogP) is 3.62. The molecule has 7 heteroatoms. The molecule has 0 N–H and O–H groups in total. The number of carbonyl (C=O) groups excluding carboxylic acids is 1. The van der Waals surface area contributed by atoms with E-state index in [2.05, 4.69) is 4.98 Å². The average Bonchev–Trinajstić information content (AvgIpc) is 3.24. The molecular formula is C20H18N2O4S. The van der Waals surface area contributed by atoms with Crippen LogP contribution in [0.1, 0.15) is 0 Å². The van der Waals surface area contributed by atoms with Crippen LogP contribution in [-0.2, 0) is 4.79 Å². The standard InChI is InChI=1S/C20H18N2O4S/c1-24-15-3-5-16(6-4-15)25-9-8-22-18-10-14(17-12-27-13-21-17)2-7-19(18)26-11-20(22)23/h2-7,10,12-13H,8-9,11H2,1H3. The van der Waals surface area contributed by atoms with Crippen molar-refractivity contribution in [2.24, 2.45) is 0 Å². The van der Waals surface area contributed by atoms with E-state index in [0.717, 1.165) is 28.4 Å². The Morgan fingerprint density at radius 1 is 1.19 bits per heavy atom. The van der Waals surface area contributed by atoms with Gasteiger partial charge in [0.1, 0.15) is 23.9 Å². The lowest BCUT2D eigenvalue weighted by atomic mass is 10.1. The van der Waals surface area contributed by atoms with E-state index in [9.17, 15) is 4.79 Å². The van der Waals surface area contributed by atoms with E-state index in [-0.39, 0.29) is 12.5 Å². The number of carbonyl (C=O) groups is 1. The number of nitrogens with zero attached hydrogens (tertiary/aromatic N) is 2. The summed E-state index contributed by atoms with van der Waals surface area (Å²) < 4.78 is 16.5. The number of fused-ring (bicyclic) bond motifs is 1.